The van der Waals surface area contributed by atoms with Crippen molar-refractivity contribution in [1.29, 1.82) is 5.26 Å². The summed E-state index contributed by atoms with van der Waals surface area (Å²) in [5, 5.41) is 9.39. The van der Waals surface area contributed by atoms with Gasteiger partial charge in [0.15, 0.2) is 5.65 Å². The highest BCUT2D eigenvalue weighted by Crippen LogP contribution is 2.32. The Labute approximate surface area is 180 Å². The molecule has 31 heavy (non-hydrogen) atoms. The van der Waals surface area contributed by atoms with Crippen molar-refractivity contribution in [3.63, 3.8) is 0 Å². The molecule has 1 aromatic carbocycles. The highest BCUT2D eigenvalue weighted by Gasteiger charge is 2.28. The Morgan fingerprint density at radius 2 is 1.68 bits per heavy atom. The van der Waals surface area contributed by atoms with Crippen LogP contribution < -0.4 is 0 Å². The molecular formula is C23H24N4O4. The van der Waals surface area contributed by atoms with Crippen LogP contribution in [0.5, 0.6) is 0 Å². The molecule has 0 aliphatic rings. The molecule has 3 rings (SSSR count). The van der Waals surface area contributed by atoms with Crippen molar-refractivity contribution in [2.24, 2.45) is 0 Å². The summed E-state index contributed by atoms with van der Waals surface area (Å²) in [6.45, 7) is 7.43. The first-order chi connectivity index (χ1) is 14.8. The average Bonchev–Trinajstić information content (AvgIpc) is 3.14. The molecule has 1 unspecified atom stereocenters. The summed E-state index contributed by atoms with van der Waals surface area (Å²) in [6.07, 6.45) is 0.534. The van der Waals surface area contributed by atoms with E-state index < -0.39 is 17.9 Å². The number of hydrogen-bond acceptors (Lipinski definition) is 7. The van der Waals surface area contributed by atoms with Gasteiger partial charge in [0.2, 0.25) is 0 Å². The zero-order valence-electron chi connectivity index (χ0n) is 18.4. The highest BCUT2D eigenvalue weighted by molar-refractivity contribution is 6.03. The molecule has 0 amide bonds. The SMILES string of the molecule is CCc1nc2c(C)cc(C)nc2n1-c1c(C(=O)OC)cc(C(C)C#N)cc1C(=O)OC. The number of pyridine rings is 1. The lowest BCUT2D eigenvalue weighted by Gasteiger charge is -2.18. The molecule has 0 N–H and O–H groups in total. The molecular weight excluding hydrogens is 396 g/mol. The van der Waals surface area contributed by atoms with Gasteiger partial charge in [0, 0.05) is 12.1 Å². The molecule has 0 bridgehead atoms. The van der Waals surface area contributed by atoms with Gasteiger partial charge in [-0.15, -0.1) is 0 Å². The lowest BCUT2D eigenvalue weighted by molar-refractivity contribution is 0.0599. The maximum atomic E-state index is 12.8. The summed E-state index contributed by atoms with van der Waals surface area (Å²) in [6, 6.07) is 7.22. The van der Waals surface area contributed by atoms with Crippen LogP contribution in [0.2, 0.25) is 0 Å². The summed E-state index contributed by atoms with van der Waals surface area (Å²) in [5.41, 5.74) is 4.00. The molecule has 0 aliphatic carbocycles. The first-order valence-electron chi connectivity index (χ1n) is 9.87. The summed E-state index contributed by atoms with van der Waals surface area (Å²) < 4.78 is 11.8. The van der Waals surface area contributed by atoms with E-state index in [1.54, 1.807) is 23.6 Å². The molecule has 1 atom stereocenters. The van der Waals surface area contributed by atoms with Crippen LogP contribution in [0.25, 0.3) is 16.9 Å². The Kier molecular flexibility index (Phi) is 6.07. The van der Waals surface area contributed by atoms with E-state index in [9.17, 15) is 14.9 Å². The van der Waals surface area contributed by atoms with Gasteiger partial charge in [-0.1, -0.05) is 6.92 Å². The van der Waals surface area contributed by atoms with E-state index in [0.29, 0.717) is 29.0 Å². The Morgan fingerprint density at radius 1 is 1.10 bits per heavy atom. The number of carbonyl (C=O) groups excluding carboxylic acids is 2. The molecule has 2 heterocycles. The summed E-state index contributed by atoms with van der Waals surface area (Å²) in [5.74, 6) is -1.19. The molecule has 0 saturated heterocycles. The summed E-state index contributed by atoms with van der Waals surface area (Å²) in [7, 11) is 2.53. The molecule has 0 spiro atoms. The van der Waals surface area contributed by atoms with Gasteiger partial charge in [-0.25, -0.2) is 19.6 Å². The van der Waals surface area contributed by atoms with Gasteiger partial charge in [-0.05, 0) is 50.1 Å². The van der Waals surface area contributed by atoms with Gasteiger partial charge in [-0.3, -0.25) is 4.57 Å². The van der Waals surface area contributed by atoms with Crippen molar-refractivity contribution >= 4 is 23.1 Å². The molecule has 3 aromatic rings. The first kappa shape index (κ1) is 22.0. The molecule has 160 valence electrons. The Balaban J connectivity index is 2.55. The lowest BCUT2D eigenvalue weighted by atomic mass is 9.95. The Morgan fingerprint density at radius 3 is 2.16 bits per heavy atom. The highest BCUT2D eigenvalue weighted by atomic mass is 16.5. The van der Waals surface area contributed by atoms with Crippen LogP contribution in [0.15, 0.2) is 18.2 Å². The van der Waals surface area contributed by atoms with Crippen molar-refractivity contribution in [2.45, 2.75) is 40.0 Å². The minimum Gasteiger partial charge on any atom is -0.465 e. The standard InChI is InChI=1S/C23H24N4O4/c1-7-18-26-19-12(2)8-14(4)25-21(19)27(18)20-16(22(28)30-5)9-15(13(3)11-24)10-17(20)23(29)31-6/h8-10,13H,7H2,1-6H3. The third-order valence-corrected chi connectivity index (χ3v) is 5.18. The fraction of sp³-hybridized carbons (Fsp3) is 0.348. The van der Waals surface area contributed by atoms with Crippen LogP contribution in [0.3, 0.4) is 0 Å². The van der Waals surface area contributed by atoms with Gasteiger partial charge < -0.3 is 9.47 Å². The Hall–Kier alpha value is -3.73. The van der Waals surface area contributed by atoms with Crippen LogP contribution in [0.4, 0.5) is 0 Å². The summed E-state index contributed by atoms with van der Waals surface area (Å²) >= 11 is 0. The normalized spacial score (nSPS) is 11.8. The zero-order chi connectivity index (χ0) is 22.9. The second-order valence-electron chi connectivity index (χ2n) is 7.27. The maximum absolute atomic E-state index is 12.8. The topological polar surface area (TPSA) is 107 Å². The fourth-order valence-electron chi connectivity index (χ4n) is 3.63. The first-order valence-corrected chi connectivity index (χ1v) is 9.87. The van der Waals surface area contributed by atoms with Crippen LogP contribution in [0.1, 0.15) is 63.1 Å². The number of nitriles is 1. The number of nitrogens with zero attached hydrogens (tertiary/aromatic N) is 4. The van der Waals surface area contributed by atoms with Crippen molar-refractivity contribution in [3.05, 3.63) is 52.0 Å². The molecule has 0 radical (unpaired) electrons. The van der Waals surface area contributed by atoms with E-state index in [4.69, 9.17) is 14.5 Å². The molecule has 8 nitrogen and oxygen atoms in total. The van der Waals surface area contributed by atoms with Crippen molar-refractivity contribution < 1.29 is 19.1 Å². The Bertz CT molecular complexity index is 1200. The van der Waals surface area contributed by atoms with Crippen LogP contribution in [-0.2, 0) is 15.9 Å². The van der Waals surface area contributed by atoms with E-state index in [1.165, 1.54) is 14.2 Å². The third kappa shape index (κ3) is 3.75. The number of hydrogen-bond donors (Lipinski definition) is 0. The van der Waals surface area contributed by atoms with E-state index in [1.807, 2.05) is 26.8 Å². The van der Waals surface area contributed by atoms with Crippen molar-refractivity contribution in [1.82, 2.24) is 14.5 Å². The largest absolute Gasteiger partial charge is 0.465 e. The van der Waals surface area contributed by atoms with Gasteiger partial charge >= 0.3 is 11.9 Å². The number of methoxy groups -OCH3 is 2. The minimum atomic E-state index is -0.638. The maximum Gasteiger partial charge on any atom is 0.340 e. The predicted octanol–water partition coefficient (Wildman–Crippen LogP) is 3.80. The number of ether oxygens (including phenoxy) is 2. The zero-order valence-corrected chi connectivity index (χ0v) is 18.4. The fourth-order valence-corrected chi connectivity index (χ4v) is 3.63. The minimum absolute atomic E-state index is 0.137. The van der Waals surface area contributed by atoms with E-state index in [2.05, 4.69) is 11.1 Å². The van der Waals surface area contributed by atoms with Crippen LogP contribution in [0, 0.1) is 25.2 Å². The quantitative estimate of drug-likeness (QED) is 0.578. The number of rotatable bonds is 5. The summed E-state index contributed by atoms with van der Waals surface area (Å²) in [4.78, 5) is 35.0. The van der Waals surface area contributed by atoms with Gasteiger partial charge in [0.25, 0.3) is 0 Å². The molecule has 8 heteroatoms. The molecule has 0 saturated carbocycles. The van der Waals surface area contributed by atoms with E-state index in [-0.39, 0.29) is 16.8 Å². The van der Waals surface area contributed by atoms with Gasteiger partial charge in [0.1, 0.15) is 11.3 Å². The number of fused-ring (bicyclic) bond motifs is 1. The number of aryl methyl sites for hydroxylation is 3. The van der Waals surface area contributed by atoms with Crippen LogP contribution in [-0.4, -0.2) is 40.7 Å². The average molecular weight is 420 g/mol. The smallest absolute Gasteiger partial charge is 0.340 e. The molecule has 2 aromatic heterocycles. The van der Waals surface area contributed by atoms with E-state index in [0.717, 1.165) is 11.3 Å². The number of carbonyl (C=O) groups is 2. The second-order valence-corrected chi connectivity index (χ2v) is 7.27. The lowest BCUT2D eigenvalue weighted by Crippen LogP contribution is -2.17. The third-order valence-electron chi connectivity index (χ3n) is 5.18. The monoisotopic (exact) mass is 420 g/mol. The molecule has 0 fully saturated rings. The van der Waals surface area contributed by atoms with Gasteiger partial charge in [0.05, 0.1) is 43.0 Å². The predicted molar refractivity (Wildman–Crippen MR) is 114 cm³/mol. The van der Waals surface area contributed by atoms with Crippen molar-refractivity contribution in [3.8, 4) is 11.8 Å². The van der Waals surface area contributed by atoms with Crippen molar-refractivity contribution in [2.75, 3.05) is 14.2 Å². The van der Waals surface area contributed by atoms with Crippen LogP contribution >= 0.6 is 0 Å². The van der Waals surface area contributed by atoms with Gasteiger partial charge in [-0.2, -0.15) is 5.26 Å². The molecule has 0 aliphatic heterocycles. The van der Waals surface area contributed by atoms with E-state index >= 15 is 0 Å². The second kappa shape index (κ2) is 8.56. The number of aromatic nitrogens is 3. The number of imidazole rings is 1. The number of esters is 2. The number of benzene rings is 1.